The van der Waals surface area contributed by atoms with Crippen LogP contribution in [0.15, 0.2) is 24.4 Å². The van der Waals surface area contributed by atoms with E-state index < -0.39 is 0 Å². The first kappa shape index (κ1) is 20.3. The van der Waals surface area contributed by atoms with Crippen LogP contribution in [0.3, 0.4) is 0 Å². The Hall–Kier alpha value is -0.970. The van der Waals surface area contributed by atoms with Crippen LogP contribution in [0.4, 0.5) is 0 Å². The first-order valence-corrected chi connectivity index (χ1v) is 9.77. The van der Waals surface area contributed by atoms with Gasteiger partial charge >= 0.3 is 0 Å². The minimum Gasteiger partial charge on any atom is -0.308 e. The highest BCUT2D eigenvalue weighted by Crippen LogP contribution is 2.28. The van der Waals surface area contributed by atoms with Crippen LogP contribution in [0, 0.1) is 5.92 Å². The zero-order chi connectivity index (χ0) is 18.5. The van der Waals surface area contributed by atoms with Gasteiger partial charge in [0.25, 0.3) is 0 Å². The Morgan fingerprint density at radius 3 is 2.16 bits per heavy atom. The molecule has 0 amide bonds. The second-order valence-electron chi connectivity index (χ2n) is 9.56. The summed E-state index contributed by atoms with van der Waals surface area (Å²) in [5.41, 5.74) is 1.54. The summed E-state index contributed by atoms with van der Waals surface area (Å²) in [5.74, 6) is 0.948. The fourth-order valence-electron chi connectivity index (χ4n) is 3.54. The Morgan fingerprint density at radius 2 is 1.72 bits per heavy atom. The summed E-state index contributed by atoms with van der Waals surface area (Å²) in [5, 5.41) is 7.12. The van der Waals surface area contributed by atoms with Crippen LogP contribution in [0.5, 0.6) is 0 Å². The Balaban J connectivity index is 0.000000181. The molecule has 4 heteroatoms. The van der Waals surface area contributed by atoms with Crippen molar-refractivity contribution < 1.29 is 0 Å². The van der Waals surface area contributed by atoms with Gasteiger partial charge in [0, 0.05) is 36.4 Å². The fraction of sp³-hybridized carbons (Fsp3) is 0.762. The first-order valence-electron chi connectivity index (χ1n) is 9.77. The second kappa shape index (κ2) is 8.61. The highest BCUT2D eigenvalue weighted by Gasteiger charge is 2.35. The van der Waals surface area contributed by atoms with Crippen molar-refractivity contribution in [1.29, 1.82) is 0 Å². The molecule has 1 atom stereocenters. The summed E-state index contributed by atoms with van der Waals surface area (Å²) in [4.78, 5) is 6.82. The van der Waals surface area contributed by atoms with Gasteiger partial charge in [-0.2, -0.15) is 0 Å². The lowest BCUT2D eigenvalue weighted by Gasteiger charge is -2.47. The standard InChI is InChI=1S/C11H22N2.C10H16N2/c1-11(2,3)12-10-8-13-6-4-9(10)5-7-13;1-10(2,3)12-8-9-6-4-5-7-11-9/h9-10,12H,4-8H2,1-3H3;4-7,12H,8H2,1-3H3. The van der Waals surface area contributed by atoms with Gasteiger partial charge in [0.2, 0.25) is 0 Å². The van der Waals surface area contributed by atoms with Crippen molar-refractivity contribution >= 4 is 0 Å². The monoisotopic (exact) mass is 346 g/mol. The van der Waals surface area contributed by atoms with Gasteiger partial charge in [-0.3, -0.25) is 4.98 Å². The second-order valence-corrected chi connectivity index (χ2v) is 9.56. The van der Waals surface area contributed by atoms with Crippen molar-refractivity contribution in [2.75, 3.05) is 19.6 Å². The molecule has 1 unspecified atom stereocenters. The molecule has 1 aromatic heterocycles. The number of nitrogens with one attached hydrogen (secondary N) is 2. The number of piperidine rings is 3. The summed E-state index contributed by atoms with van der Waals surface area (Å²) in [6.45, 7) is 18.0. The molecule has 3 saturated heterocycles. The van der Waals surface area contributed by atoms with E-state index in [0.717, 1.165) is 24.2 Å². The molecule has 142 valence electrons. The van der Waals surface area contributed by atoms with Crippen molar-refractivity contribution in [1.82, 2.24) is 20.5 Å². The molecular formula is C21H38N4. The molecule has 0 radical (unpaired) electrons. The van der Waals surface area contributed by atoms with E-state index in [1.807, 2.05) is 24.4 Å². The first-order chi connectivity index (χ1) is 11.6. The lowest BCUT2D eigenvalue weighted by Crippen LogP contribution is -2.59. The van der Waals surface area contributed by atoms with Crippen molar-refractivity contribution in [3.63, 3.8) is 0 Å². The van der Waals surface area contributed by atoms with E-state index in [0.29, 0.717) is 0 Å². The summed E-state index contributed by atoms with van der Waals surface area (Å²) in [7, 11) is 0. The third-order valence-corrected chi connectivity index (χ3v) is 4.80. The lowest BCUT2D eigenvalue weighted by atomic mass is 9.83. The third-order valence-electron chi connectivity index (χ3n) is 4.80. The molecule has 2 bridgehead atoms. The molecule has 0 spiro atoms. The average Bonchev–Trinajstić information content (AvgIpc) is 2.53. The molecule has 3 aliphatic heterocycles. The van der Waals surface area contributed by atoms with Crippen LogP contribution >= 0.6 is 0 Å². The van der Waals surface area contributed by atoms with Crippen LogP contribution in [-0.4, -0.2) is 46.6 Å². The predicted octanol–water partition coefficient (Wildman–Crippen LogP) is 3.44. The number of pyridine rings is 1. The molecule has 2 N–H and O–H groups in total. The highest BCUT2D eigenvalue weighted by atomic mass is 15.2. The number of fused-ring (bicyclic) bond motifs is 3. The zero-order valence-electron chi connectivity index (χ0n) is 17.1. The number of nitrogens with zero attached hydrogens (tertiary/aromatic N) is 2. The average molecular weight is 347 g/mol. The Bertz CT molecular complexity index is 493. The molecular weight excluding hydrogens is 308 g/mol. The van der Waals surface area contributed by atoms with Gasteiger partial charge < -0.3 is 15.5 Å². The Kier molecular flexibility index (Phi) is 7.01. The number of hydrogen-bond acceptors (Lipinski definition) is 4. The van der Waals surface area contributed by atoms with E-state index in [9.17, 15) is 0 Å². The molecule has 1 aromatic rings. The van der Waals surface area contributed by atoms with E-state index in [1.54, 1.807) is 0 Å². The van der Waals surface area contributed by atoms with Gasteiger partial charge in [-0.05, 0) is 85.5 Å². The van der Waals surface area contributed by atoms with Gasteiger partial charge in [0.05, 0.1) is 5.69 Å². The van der Waals surface area contributed by atoms with E-state index in [1.165, 1.54) is 32.5 Å². The van der Waals surface area contributed by atoms with Crippen LogP contribution in [-0.2, 0) is 6.54 Å². The predicted molar refractivity (Wildman–Crippen MR) is 107 cm³/mol. The van der Waals surface area contributed by atoms with Crippen molar-refractivity contribution in [2.24, 2.45) is 5.92 Å². The lowest BCUT2D eigenvalue weighted by molar-refractivity contribution is 0.0608. The van der Waals surface area contributed by atoms with E-state index in [2.05, 4.69) is 62.1 Å². The fourth-order valence-corrected chi connectivity index (χ4v) is 3.54. The van der Waals surface area contributed by atoms with Crippen molar-refractivity contribution in [3.05, 3.63) is 30.1 Å². The van der Waals surface area contributed by atoms with Crippen LogP contribution < -0.4 is 10.6 Å². The van der Waals surface area contributed by atoms with Gasteiger partial charge in [0.1, 0.15) is 0 Å². The molecule has 3 fully saturated rings. The summed E-state index contributed by atoms with van der Waals surface area (Å²) in [6.07, 6.45) is 4.64. The van der Waals surface area contributed by atoms with Gasteiger partial charge in [-0.1, -0.05) is 6.07 Å². The van der Waals surface area contributed by atoms with Gasteiger partial charge in [0.15, 0.2) is 0 Å². The third kappa shape index (κ3) is 7.85. The summed E-state index contributed by atoms with van der Waals surface area (Å²) in [6, 6.07) is 6.72. The zero-order valence-corrected chi connectivity index (χ0v) is 17.1. The minimum absolute atomic E-state index is 0.164. The van der Waals surface area contributed by atoms with Gasteiger partial charge in [-0.15, -0.1) is 0 Å². The minimum atomic E-state index is 0.164. The Labute approximate surface area is 154 Å². The van der Waals surface area contributed by atoms with E-state index >= 15 is 0 Å². The van der Waals surface area contributed by atoms with Crippen LogP contribution in [0.2, 0.25) is 0 Å². The van der Waals surface area contributed by atoms with E-state index in [4.69, 9.17) is 0 Å². The Morgan fingerprint density at radius 1 is 1.04 bits per heavy atom. The molecule has 4 heterocycles. The molecule has 0 saturated carbocycles. The van der Waals surface area contributed by atoms with Crippen molar-refractivity contribution in [3.8, 4) is 0 Å². The number of rotatable bonds is 3. The normalized spacial score (nSPS) is 26.1. The quantitative estimate of drug-likeness (QED) is 0.879. The van der Waals surface area contributed by atoms with E-state index in [-0.39, 0.29) is 11.1 Å². The highest BCUT2D eigenvalue weighted by molar-refractivity contribution is 5.03. The van der Waals surface area contributed by atoms with Crippen LogP contribution in [0.1, 0.15) is 60.1 Å². The van der Waals surface area contributed by atoms with Crippen LogP contribution in [0.25, 0.3) is 0 Å². The summed E-state index contributed by atoms with van der Waals surface area (Å²) >= 11 is 0. The smallest absolute Gasteiger partial charge is 0.0541 e. The molecule has 3 aliphatic rings. The maximum absolute atomic E-state index is 4.22. The molecule has 0 aliphatic carbocycles. The number of aromatic nitrogens is 1. The van der Waals surface area contributed by atoms with Gasteiger partial charge in [-0.25, -0.2) is 0 Å². The topological polar surface area (TPSA) is 40.2 Å². The molecule has 0 aromatic carbocycles. The number of hydrogen-bond donors (Lipinski definition) is 2. The maximum atomic E-state index is 4.22. The van der Waals surface area contributed by atoms with Crippen molar-refractivity contribution in [2.45, 2.75) is 78.0 Å². The molecule has 25 heavy (non-hydrogen) atoms. The maximum Gasteiger partial charge on any atom is 0.0541 e. The molecule has 4 rings (SSSR count). The summed E-state index contributed by atoms with van der Waals surface area (Å²) < 4.78 is 0. The largest absolute Gasteiger partial charge is 0.308 e. The molecule has 4 nitrogen and oxygen atoms in total. The SMILES string of the molecule is CC(C)(C)NC1CN2CCC1CC2.CC(C)(C)NCc1ccccn1.